The van der Waals surface area contributed by atoms with Gasteiger partial charge in [-0.2, -0.15) is 0 Å². The highest BCUT2D eigenvalue weighted by Crippen LogP contribution is 2.37. The Hall–Kier alpha value is -4.33. The number of nitrogens with one attached hydrogen (secondary N) is 1. The topological polar surface area (TPSA) is 80.2 Å². The van der Waals surface area contributed by atoms with Crippen molar-refractivity contribution in [1.29, 1.82) is 5.41 Å². The Morgan fingerprint density at radius 2 is 1.40 bits per heavy atom. The maximum absolute atomic E-state index is 8.57. The van der Waals surface area contributed by atoms with Crippen LogP contribution in [0.5, 0.6) is 0 Å². The molecule has 7 heteroatoms. The first-order valence-corrected chi connectivity index (χ1v) is 13.3. The van der Waals surface area contributed by atoms with Crippen molar-refractivity contribution in [2.45, 2.75) is 38.9 Å². The Balaban J connectivity index is 1.42. The number of furan rings is 1. The minimum Gasteiger partial charge on any atom is -0.456 e. The molecule has 0 radical (unpaired) electrons. The van der Waals surface area contributed by atoms with Crippen molar-refractivity contribution in [3.05, 3.63) is 114 Å². The van der Waals surface area contributed by atoms with Crippen molar-refractivity contribution < 1.29 is 13.7 Å². The van der Waals surface area contributed by atoms with Crippen LogP contribution < -0.4 is 5.46 Å². The fraction of sp³-hybridized carbons (Fsp3) is 0.182. The van der Waals surface area contributed by atoms with E-state index in [1.165, 1.54) is 0 Å². The Kier molecular flexibility index (Phi) is 6.49. The summed E-state index contributed by atoms with van der Waals surface area (Å²) in [6.45, 7) is 8.21. The molecule has 4 aromatic carbocycles. The third-order valence-corrected chi connectivity index (χ3v) is 7.70. The van der Waals surface area contributed by atoms with Gasteiger partial charge >= 0.3 is 7.12 Å². The van der Waals surface area contributed by atoms with Crippen molar-refractivity contribution in [1.82, 2.24) is 0 Å². The average molecular weight is 527 g/mol. The van der Waals surface area contributed by atoms with Gasteiger partial charge in [-0.25, -0.2) is 9.98 Å². The molecule has 0 amide bonds. The zero-order valence-corrected chi connectivity index (χ0v) is 23.0. The minimum absolute atomic E-state index is 0.149. The second kappa shape index (κ2) is 10.0. The lowest BCUT2D eigenvalue weighted by Crippen LogP contribution is -2.41. The lowest BCUT2D eigenvalue weighted by atomic mass is 9.78. The average Bonchev–Trinajstić information content (AvgIpc) is 3.44. The number of hydrogen-bond donors (Lipinski definition) is 1. The minimum atomic E-state index is -0.471. The molecule has 6 rings (SSSR count). The molecule has 0 spiro atoms. The molecule has 1 aliphatic rings. The Morgan fingerprint density at radius 1 is 0.750 bits per heavy atom. The molecule has 6 nitrogen and oxygen atoms in total. The zero-order chi connectivity index (χ0) is 27.9. The number of amidine groups is 2. The molecule has 0 bridgehead atoms. The van der Waals surface area contributed by atoms with Crippen molar-refractivity contribution in [3.8, 4) is 0 Å². The smallest absolute Gasteiger partial charge is 0.456 e. The predicted molar refractivity (Wildman–Crippen MR) is 163 cm³/mol. The first-order valence-electron chi connectivity index (χ1n) is 13.3. The fourth-order valence-corrected chi connectivity index (χ4v) is 4.76. The van der Waals surface area contributed by atoms with Gasteiger partial charge in [0.05, 0.1) is 11.2 Å². The van der Waals surface area contributed by atoms with E-state index in [1.807, 2.05) is 91.0 Å². The fourth-order valence-electron chi connectivity index (χ4n) is 4.76. The van der Waals surface area contributed by atoms with Gasteiger partial charge in [0.25, 0.3) is 0 Å². The van der Waals surface area contributed by atoms with Gasteiger partial charge in [-0.1, -0.05) is 84.9 Å². The summed E-state index contributed by atoms with van der Waals surface area (Å²) in [6.07, 6.45) is 1.79. The molecule has 1 N–H and O–H groups in total. The second-order valence-electron chi connectivity index (χ2n) is 10.9. The molecule has 0 unspecified atom stereocenters. The Labute approximate surface area is 234 Å². The highest BCUT2D eigenvalue weighted by molar-refractivity contribution is 6.62. The highest BCUT2D eigenvalue weighted by atomic mass is 16.7. The Morgan fingerprint density at radius 3 is 2.08 bits per heavy atom. The van der Waals surface area contributed by atoms with Gasteiger partial charge in [-0.05, 0) is 45.3 Å². The van der Waals surface area contributed by atoms with Gasteiger partial charge in [0.15, 0.2) is 11.7 Å². The van der Waals surface area contributed by atoms with Crippen LogP contribution in [0.2, 0.25) is 0 Å². The van der Waals surface area contributed by atoms with Gasteiger partial charge in [0.1, 0.15) is 11.2 Å². The van der Waals surface area contributed by atoms with Gasteiger partial charge in [-0.3, -0.25) is 5.41 Å². The highest BCUT2D eigenvalue weighted by Gasteiger charge is 2.51. The Bertz CT molecular complexity index is 1760. The summed E-state index contributed by atoms with van der Waals surface area (Å²) >= 11 is 0. The van der Waals surface area contributed by atoms with Crippen molar-refractivity contribution in [3.63, 3.8) is 0 Å². The molecule has 5 aromatic rings. The first-order chi connectivity index (χ1) is 19.2. The van der Waals surface area contributed by atoms with Crippen LogP contribution >= 0.6 is 0 Å². The molecular formula is C33H30BN3O3. The SMILES string of the molecule is CC1(C)OB(c2ccc3oc4cccc(/C=N/C(=N\C(=N)c5ccccc5)c5ccccc5)c4c3c2)OC1(C)C. The number of hydrogen-bond acceptors (Lipinski definition) is 4. The monoisotopic (exact) mass is 527 g/mol. The molecule has 0 saturated carbocycles. The second-order valence-corrected chi connectivity index (χ2v) is 10.9. The molecule has 0 aliphatic carbocycles. The number of aliphatic imine (C=N–C) groups is 2. The van der Waals surface area contributed by atoms with E-state index in [0.29, 0.717) is 5.84 Å². The summed E-state index contributed by atoms with van der Waals surface area (Å²) in [5.74, 6) is 0.604. The normalized spacial score (nSPS) is 16.8. The van der Waals surface area contributed by atoms with E-state index in [-0.39, 0.29) is 5.84 Å². The predicted octanol–water partition coefficient (Wildman–Crippen LogP) is 6.78. The van der Waals surface area contributed by atoms with Crippen LogP contribution in [0.1, 0.15) is 44.4 Å². The van der Waals surface area contributed by atoms with Gasteiger partial charge in [0, 0.05) is 33.7 Å². The molecular weight excluding hydrogens is 497 g/mol. The van der Waals surface area contributed by atoms with E-state index < -0.39 is 18.3 Å². The van der Waals surface area contributed by atoms with Crippen LogP contribution in [0.4, 0.5) is 0 Å². The zero-order valence-electron chi connectivity index (χ0n) is 23.0. The van der Waals surface area contributed by atoms with Crippen LogP contribution in [0.3, 0.4) is 0 Å². The maximum Gasteiger partial charge on any atom is 0.494 e. The molecule has 1 saturated heterocycles. The van der Waals surface area contributed by atoms with Crippen LogP contribution in [-0.4, -0.2) is 36.2 Å². The lowest BCUT2D eigenvalue weighted by Gasteiger charge is -2.32. The number of nitrogens with zero attached hydrogens (tertiary/aromatic N) is 2. The summed E-state index contributed by atoms with van der Waals surface area (Å²) in [6, 6.07) is 31.1. The van der Waals surface area contributed by atoms with Crippen molar-refractivity contribution >= 4 is 52.4 Å². The summed E-state index contributed by atoms with van der Waals surface area (Å²) in [4.78, 5) is 9.40. The van der Waals surface area contributed by atoms with E-state index in [0.717, 1.165) is 44.1 Å². The number of benzene rings is 4. The summed E-state index contributed by atoms with van der Waals surface area (Å²) in [5, 5.41) is 10.5. The molecule has 40 heavy (non-hydrogen) atoms. The summed E-state index contributed by atoms with van der Waals surface area (Å²) in [7, 11) is -0.471. The van der Waals surface area contributed by atoms with E-state index in [9.17, 15) is 0 Å². The molecule has 2 heterocycles. The van der Waals surface area contributed by atoms with Gasteiger partial charge in [0.2, 0.25) is 0 Å². The van der Waals surface area contributed by atoms with Crippen LogP contribution in [0, 0.1) is 5.41 Å². The van der Waals surface area contributed by atoms with Crippen molar-refractivity contribution in [2.24, 2.45) is 9.98 Å². The van der Waals surface area contributed by atoms with E-state index >= 15 is 0 Å². The molecule has 198 valence electrons. The first kappa shape index (κ1) is 25.9. The third kappa shape index (κ3) is 4.79. The molecule has 1 aromatic heterocycles. The number of rotatable bonds is 4. The molecule has 0 atom stereocenters. The van der Waals surface area contributed by atoms with Crippen molar-refractivity contribution in [2.75, 3.05) is 0 Å². The standard InChI is InChI=1S/C33H30BN3O3/c1-32(2)33(3,4)40-34(39-32)25-18-19-27-26(20-25)29-24(16-11-17-28(29)38-27)21-36-31(23-14-9-6-10-15-23)37-30(35)22-12-7-5-8-13-22/h5-21,35H,1-4H3/b35-30?,36-21+,37-31-. The van der Waals surface area contributed by atoms with E-state index in [1.54, 1.807) is 6.21 Å². The lowest BCUT2D eigenvalue weighted by molar-refractivity contribution is 0.00578. The quantitative estimate of drug-likeness (QED) is 0.159. The van der Waals surface area contributed by atoms with E-state index in [4.69, 9.17) is 24.1 Å². The molecule has 1 aliphatic heterocycles. The van der Waals surface area contributed by atoms with Crippen LogP contribution in [-0.2, 0) is 9.31 Å². The largest absolute Gasteiger partial charge is 0.494 e. The van der Waals surface area contributed by atoms with Gasteiger partial charge in [-0.15, -0.1) is 0 Å². The van der Waals surface area contributed by atoms with E-state index in [2.05, 4.69) is 38.8 Å². The molecule has 1 fully saturated rings. The summed E-state index contributed by atoms with van der Waals surface area (Å²) in [5.41, 5.74) is 4.06. The maximum atomic E-state index is 8.57. The van der Waals surface area contributed by atoms with Crippen LogP contribution in [0.15, 0.2) is 111 Å². The number of fused-ring (bicyclic) bond motifs is 3. The summed E-state index contributed by atoms with van der Waals surface area (Å²) < 4.78 is 18.8. The van der Waals surface area contributed by atoms with Crippen LogP contribution in [0.25, 0.3) is 21.9 Å². The van der Waals surface area contributed by atoms with Gasteiger partial charge < -0.3 is 13.7 Å². The third-order valence-electron chi connectivity index (χ3n) is 7.70.